The van der Waals surface area contributed by atoms with Gasteiger partial charge in [-0.05, 0) is 40.7 Å². The molecule has 0 unspecified atom stereocenters. The van der Waals surface area contributed by atoms with Crippen LogP contribution in [0.1, 0.15) is 40.2 Å². The Kier molecular flexibility index (Phi) is 13.9. The second kappa shape index (κ2) is 14.6. The molecule has 0 aliphatic heterocycles. The number of nitrogens with one attached hydrogen (secondary N) is 2. The molecule has 0 saturated heterocycles. The molecule has 0 fully saturated rings. The van der Waals surface area contributed by atoms with Crippen LogP contribution in [0.5, 0.6) is 11.5 Å². The third kappa shape index (κ3) is 9.79. The van der Waals surface area contributed by atoms with Gasteiger partial charge in [-0.2, -0.15) is 8.78 Å². The highest BCUT2D eigenvalue weighted by molar-refractivity contribution is 14.0. The largest absolute Gasteiger partial charge is 0.490 e. The van der Waals surface area contributed by atoms with Gasteiger partial charge in [0.1, 0.15) is 0 Å². The van der Waals surface area contributed by atoms with Crippen LogP contribution in [-0.2, 0) is 6.54 Å². The standard InChI is InChI=1S/C20H34F2N4O2.HI/c1-7-27-17-10-8-9-16(18(17)28-19(21)22)13-25-20(23-6)24-11-12-26(14(2)3)15(4)5;/h8-10,14-15,19H,7,11-13H2,1-6H3,(H2,23,24,25);1H. The van der Waals surface area contributed by atoms with Gasteiger partial charge in [0.05, 0.1) is 6.61 Å². The Hall–Kier alpha value is -1.36. The maximum atomic E-state index is 12.8. The third-order valence-electron chi connectivity index (χ3n) is 4.23. The van der Waals surface area contributed by atoms with Crippen LogP contribution in [0, 0.1) is 0 Å². The number of hydrogen-bond acceptors (Lipinski definition) is 4. The van der Waals surface area contributed by atoms with E-state index in [1.54, 1.807) is 32.2 Å². The van der Waals surface area contributed by atoms with Crippen molar-refractivity contribution in [3.63, 3.8) is 0 Å². The minimum Gasteiger partial charge on any atom is -0.490 e. The third-order valence-corrected chi connectivity index (χ3v) is 4.23. The highest BCUT2D eigenvalue weighted by Gasteiger charge is 2.16. The number of nitrogens with zero attached hydrogens (tertiary/aromatic N) is 2. The normalized spacial score (nSPS) is 11.8. The molecule has 0 heterocycles. The molecule has 6 nitrogen and oxygen atoms in total. The van der Waals surface area contributed by atoms with Gasteiger partial charge in [0, 0.05) is 44.3 Å². The lowest BCUT2D eigenvalue weighted by molar-refractivity contribution is -0.0520. The van der Waals surface area contributed by atoms with Gasteiger partial charge in [0.2, 0.25) is 0 Å². The Balaban J connectivity index is 0.00000784. The lowest BCUT2D eigenvalue weighted by Crippen LogP contribution is -2.45. The van der Waals surface area contributed by atoms with E-state index in [0.717, 1.165) is 13.1 Å². The molecule has 1 rings (SSSR count). The van der Waals surface area contributed by atoms with Gasteiger partial charge in [-0.3, -0.25) is 9.89 Å². The van der Waals surface area contributed by atoms with E-state index in [0.29, 0.717) is 36.0 Å². The number of benzene rings is 1. The highest BCUT2D eigenvalue weighted by Crippen LogP contribution is 2.32. The van der Waals surface area contributed by atoms with Crippen molar-refractivity contribution in [3.8, 4) is 11.5 Å². The van der Waals surface area contributed by atoms with Gasteiger partial charge in [0.25, 0.3) is 0 Å². The molecular weight excluding hydrogens is 493 g/mol. The van der Waals surface area contributed by atoms with Crippen LogP contribution >= 0.6 is 24.0 Å². The fraction of sp³-hybridized carbons (Fsp3) is 0.650. The van der Waals surface area contributed by atoms with Crippen LogP contribution in [-0.4, -0.2) is 56.3 Å². The molecule has 2 N–H and O–H groups in total. The molecule has 0 saturated carbocycles. The lowest BCUT2D eigenvalue weighted by atomic mass is 10.2. The van der Waals surface area contributed by atoms with Gasteiger partial charge in [0.15, 0.2) is 17.5 Å². The maximum Gasteiger partial charge on any atom is 0.387 e. The minimum atomic E-state index is -2.92. The van der Waals surface area contributed by atoms with E-state index in [1.165, 1.54) is 0 Å². The molecule has 0 spiro atoms. The number of hydrogen-bond donors (Lipinski definition) is 2. The van der Waals surface area contributed by atoms with Gasteiger partial charge in [-0.25, -0.2) is 0 Å². The summed E-state index contributed by atoms with van der Waals surface area (Å²) in [6.45, 7) is 9.78. The van der Waals surface area contributed by atoms with Crippen LogP contribution in [0.2, 0.25) is 0 Å². The van der Waals surface area contributed by atoms with Crippen LogP contribution in [0.4, 0.5) is 8.78 Å². The first-order valence-corrected chi connectivity index (χ1v) is 9.69. The molecule has 1 aromatic rings. The van der Waals surface area contributed by atoms with Gasteiger partial charge in [-0.1, -0.05) is 12.1 Å². The fourth-order valence-corrected chi connectivity index (χ4v) is 3.01. The highest BCUT2D eigenvalue weighted by atomic mass is 127. The van der Waals surface area contributed by atoms with E-state index in [4.69, 9.17) is 9.47 Å². The minimum absolute atomic E-state index is 0. The fourth-order valence-electron chi connectivity index (χ4n) is 3.01. The average Bonchev–Trinajstić information content (AvgIpc) is 2.62. The predicted octanol–water partition coefficient (Wildman–Crippen LogP) is 4.09. The summed E-state index contributed by atoms with van der Waals surface area (Å²) in [5.41, 5.74) is 0.570. The first-order valence-electron chi connectivity index (χ1n) is 9.69. The molecule has 0 radical (unpaired) electrons. The van der Waals surface area contributed by atoms with Crippen molar-refractivity contribution in [2.75, 3.05) is 26.7 Å². The molecule has 0 atom stereocenters. The average molecular weight is 528 g/mol. The predicted molar refractivity (Wildman–Crippen MR) is 125 cm³/mol. The zero-order valence-corrected chi connectivity index (χ0v) is 20.5. The zero-order chi connectivity index (χ0) is 21.1. The van der Waals surface area contributed by atoms with Gasteiger partial charge in [-0.15, -0.1) is 24.0 Å². The summed E-state index contributed by atoms with van der Waals surface area (Å²) in [4.78, 5) is 6.57. The lowest BCUT2D eigenvalue weighted by Gasteiger charge is -2.30. The monoisotopic (exact) mass is 528 g/mol. The van der Waals surface area contributed by atoms with E-state index < -0.39 is 6.61 Å². The molecule has 0 aromatic heterocycles. The molecule has 29 heavy (non-hydrogen) atoms. The van der Waals surface area contributed by atoms with E-state index in [2.05, 4.69) is 48.2 Å². The van der Waals surface area contributed by atoms with Gasteiger partial charge < -0.3 is 20.1 Å². The number of guanidine groups is 1. The molecule has 168 valence electrons. The second-order valence-corrected chi connectivity index (χ2v) is 6.83. The van der Waals surface area contributed by atoms with E-state index in [1.807, 2.05) is 0 Å². The van der Waals surface area contributed by atoms with Crippen molar-refractivity contribution in [2.24, 2.45) is 4.99 Å². The SMILES string of the molecule is CCOc1cccc(CNC(=NC)NCCN(C(C)C)C(C)C)c1OC(F)F.I. The molecule has 0 aliphatic rings. The van der Waals surface area contributed by atoms with Crippen molar-refractivity contribution in [1.29, 1.82) is 0 Å². The quantitative estimate of drug-likeness (QED) is 0.258. The van der Waals surface area contributed by atoms with Crippen molar-refractivity contribution in [3.05, 3.63) is 23.8 Å². The number of aliphatic imine (C=N–C) groups is 1. The number of para-hydroxylation sites is 1. The number of alkyl halides is 2. The van der Waals surface area contributed by atoms with Crippen LogP contribution in [0.25, 0.3) is 0 Å². The summed E-state index contributed by atoms with van der Waals surface area (Å²) in [7, 11) is 1.67. The first kappa shape index (κ1) is 27.6. The molecule has 0 aliphatic carbocycles. The van der Waals surface area contributed by atoms with Crippen LogP contribution in [0.3, 0.4) is 0 Å². The van der Waals surface area contributed by atoms with Crippen molar-refractivity contribution in [2.45, 2.75) is 59.9 Å². The van der Waals surface area contributed by atoms with Crippen molar-refractivity contribution >= 4 is 29.9 Å². The van der Waals surface area contributed by atoms with Gasteiger partial charge >= 0.3 is 6.61 Å². The van der Waals surface area contributed by atoms with E-state index in [9.17, 15) is 8.78 Å². The Morgan fingerprint density at radius 1 is 1.14 bits per heavy atom. The Bertz CT molecular complexity index is 608. The molecule has 0 bridgehead atoms. The summed E-state index contributed by atoms with van der Waals surface area (Å²) in [5, 5.41) is 6.40. The zero-order valence-electron chi connectivity index (χ0n) is 18.2. The molecule has 1 aromatic carbocycles. The number of rotatable bonds is 11. The molecule has 0 amide bonds. The van der Waals surface area contributed by atoms with E-state index in [-0.39, 0.29) is 36.3 Å². The van der Waals surface area contributed by atoms with E-state index >= 15 is 0 Å². The first-order chi connectivity index (χ1) is 13.3. The topological polar surface area (TPSA) is 58.1 Å². The molecular formula is C20H35F2IN4O2. The summed E-state index contributed by atoms with van der Waals surface area (Å²) in [5.74, 6) is 0.944. The maximum absolute atomic E-state index is 12.8. The summed E-state index contributed by atoms with van der Waals surface area (Å²) in [6, 6.07) is 5.99. The number of ether oxygens (including phenoxy) is 2. The second-order valence-electron chi connectivity index (χ2n) is 6.83. The van der Waals surface area contributed by atoms with Crippen LogP contribution < -0.4 is 20.1 Å². The van der Waals surface area contributed by atoms with Crippen molar-refractivity contribution < 1.29 is 18.3 Å². The number of halogens is 3. The molecule has 9 heteroatoms. The van der Waals surface area contributed by atoms with Crippen LogP contribution in [0.15, 0.2) is 23.2 Å². The Morgan fingerprint density at radius 3 is 2.31 bits per heavy atom. The summed E-state index contributed by atoms with van der Waals surface area (Å²) >= 11 is 0. The Labute approximate surface area is 190 Å². The Morgan fingerprint density at radius 2 is 1.79 bits per heavy atom. The summed E-state index contributed by atoms with van der Waals surface area (Å²) < 4.78 is 35.7. The van der Waals surface area contributed by atoms with Crippen molar-refractivity contribution in [1.82, 2.24) is 15.5 Å². The smallest absolute Gasteiger partial charge is 0.387 e. The summed E-state index contributed by atoms with van der Waals surface area (Å²) in [6.07, 6.45) is 0.